The summed E-state index contributed by atoms with van der Waals surface area (Å²) in [5, 5.41) is 3.61. The van der Waals surface area contributed by atoms with E-state index in [1.165, 1.54) is 30.4 Å². The molecule has 1 N–H and O–H groups in total. The van der Waals surface area contributed by atoms with Crippen molar-refractivity contribution in [1.29, 1.82) is 0 Å². The van der Waals surface area contributed by atoms with Crippen molar-refractivity contribution >= 4 is 0 Å². The van der Waals surface area contributed by atoms with Crippen LogP contribution in [0.25, 0.3) is 0 Å². The molecule has 0 radical (unpaired) electrons. The van der Waals surface area contributed by atoms with Gasteiger partial charge in [-0.3, -0.25) is 0 Å². The Kier molecular flexibility index (Phi) is 4.22. The number of aryl methyl sites for hydroxylation is 1. The quantitative estimate of drug-likeness (QED) is 0.811. The molecule has 1 atom stereocenters. The Morgan fingerprint density at radius 2 is 1.82 bits per heavy atom. The van der Waals surface area contributed by atoms with Gasteiger partial charge in [-0.15, -0.1) is 0 Å². The molecular weight excluding hydrogens is 206 g/mol. The van der Waals surface area contributed by atoms with Crippen LogP contribution in [0.5, 0.6) is 0 Å². The molecule has 94 valence electrons. The summed E-state index contributed by atoms with van der Waals surface area (Å²) in [5.41, 5.74) is 2.88. The molecule has 1 unspecified atom stereocenters. The topological polar surface area (TPSA) is 12.0 Å². The van der Waals surface area contributed by atoms with Gasteiger partial charge in [0.15, 0.2) is 0 Å². The zero-order valence-electron chi connectivity index (χ0n) is 11.4. The molecule has 1 saturated carbocycles. The first-order valence-corrected chi connectivity index (χ1v) is 6.97. The molecule has 0 bridgehead atoms. The fraction of sp³-hybridized carbons (Fsp3) is 0.625. The predicted molar refractivity (Wildman–Crippen MR) is 74.4 cm³/mol. The lowest BCUT2D eigenvalue weighted by molar-refractivity contribution is 0.252. The predicted octanol–water partition coefficient (Wildman–Crippen LogP) is 3.88. The minimum Gasteiger partial charge on any atom is -0.314 e. The van der Waals surface area contributed by atoms with Crippen LogP contribution in [0.15, 0.2) is 24.3 Å². The molecule has 1 aromatic carbocycles. The van der Waals surface area contributed by atoms with Crippen LogP contribution >= 0.6 is 0 Å². The van der Waals surface area contributed by atoms with Gasteiger partial charge in [0.25, 0.3) is 0 Å². The molecule has 0 saturated heterocycles. The largest absolute Gasteiger partial charge is 0.314 e. The van der Waals surface area contributed by atoms with Crippen molar-refractivity contribution in [3.63, 3.8) is 0 Å². The summed E-state index contributed by atoms with van der Waals surface area (Å²) in [6.07, 6.45) is 4.26. The van der Waals surface area contributed by atoms with Crippen molar-refractivity contribution in [2.45, 2.75) is 52.0 Å². The maximum Gasteiger partial charge on any atom is 0.00251 e. The van der Waals surface area contributed by atoms with Gasteiger partial charge in [0.05, 0.1) is 0 Å². The van der Waals surface area contributed by atoms with Crippen LogP contribution in [0.3, 0.4) is 0 Å². The van der Waals surface area contributed by atoms with Gasteiger partial charge in [0, 0.05) is 12.6 Å². The normalized spacial score (nSPS) is 18.1. The van der Waals surface area contributed by atoms with E-state index >= 15 is 0 Å². The second kappa shape index (κ2) is 5.68. The van der Waals surface area contributed by atoms with E-state index in [1.54, 1.807) is 0 Å². The average molecular weight is 231 g/mol. The van der Waals surface area contributed by atoms with Crippen LogP contribution in [-0.2, 0) is 0 Å². The molecule has 0 spiro atoms. The highest BCUT2D eigenvalue weighted by Crippen LogP contribution is 2.39. The van der Waals surface area contributed by atoms with Gasteiger partial charge < -0.3 is 5.32 Å². The van der Waals surface area contributed by atoms with Crippen molar-refractivity contribution in [2.24, 2.45) is 5.92 Å². The van der Waals surface area contributed by atoms with Crippen LogP contribution in [0.4, 0.5) is 0 Å². The van der Waals surface area contributed by atoms with Crippen molar-refractivity contribution in [2.75, 3.05) is 6.54 Å². The highest BCUT2D eigenvalue weighted by atomic mass is 14.9. The Labute approximate surface area is 106 Å². The molecule has 2 rings (SSSR count). The minimum atomic E-state index is 0.586. The van der Waals surface area contributed by atoms with Crippen molar-refractivity contribution < 1.29 is 0 Å². The van der Waals surface area contributed by atoms with Gasteiger partial charge in [0.1, 0.15) is 0 Å². The summed E-state index contributed by atoms with van der Waals surface area (Å²) < 4.78 is 0. The van der Waals surface area contributed by atoms with E-state index in [9.17, 15) is 0 Å². The van der Waals surface area contributed by atoms with E-state index in [2.05, 4.69) is 50.4 Å². The number of hydrogen-bond donors (Lipinski definition) is 1. The molecule has 0 aromatic heterocycles. The Morgan fingerprint density at radius 3 is 2.29 bits per heavy atom. The highest BCUT2D eigenvalue weighted by molar-refractivity contribution is 5.26. The standard InChI is InChI=1S/C16H25N/c1-12(2)17-11-16(14-5-4-6-14)15-9-7-13(3)8-10-15/h7-10,12,14,16-17H,4-6,11H2,1-3H3. The summed E-state index contributed by atoms with van der Waals surface area (Å²) in [4.78, 5) is 0. The van der Waals surface area contributed by atoms with Crippen LogP contribution in [0, 0.1) is 12.8 Å². The molecule has 1 heteroatoms. The van der Waals surface area contributed by atoms with Gasteiger partial charge in [-0.2, -0.15) is 0 Å². The summed E-state index contributed by atoms with van der Waals surface area (Å²) >= 11 is 0. The second-order valence-electron chi connectivity index (χ2n) is 5.77. The molecule has 1 fully saturated rings. The van der Waals surface area contributed by atoms with Gasteiger partial charge in [-0.1, -0.05) is 50.1 Å². The van der Waals surface area contributed by atoms with Crippen LogP contribution in [-0.4, -0.2) is 12.6 Å². The zero-order valence-corrected chi connectivity index (χ0v) is 11.4. The molecule has 0 amide bonds. The van der Waals surface area contributed by atoms with E-state index in [-0.39, 0.29) is 0 Å². The monoisotopic (exact) mass is 231 g/mol. The second-order valence-corrected chi connectivity index (χ2v) is 5.77. The van der Waals surface area contributed by atoms with Crippen LogP contribution < -0.4 is 5.32 Å². The summed E-state index contributed by atoms with van der Waals surface area (Å²) in [6.45, 7) is 7.75. The SMILES string of the molecule is Cc1ccc(C(CNC(C)C)C2CCC2)cc1. The lowest BCUT2D eigenvalue weighted by Crippen LogP contribution is -2.33. The van der Waals surface area contributed by atoms with Crippen molar-refractivity contribution in [3.8, 4) is 0 Å². The number of benzene rings is 1. The Balaban J connectivity index is 2.05. The Bertz CT molecular complexity index is 335. The lowest BCUT2D eigenvalue weighted by Gasteiger charge is -2.35. The molecule has 17 heavy (non-hydrogen) atoms. The van der Waals surface area contributed by atoms with E-state index in [0.717, 1.165) is 12.5 Å². The molecule has 1 aromatic rings. The number of nitrogens with one attached hydrogen (secondary N) is 1. The van der Waals surface area contributed by atoms with E-state index in [0.29, 0.717) is 12.0 Å². The number of rotatable bonds is 5. The summed E-state index contributed by atoms with van der Waals surface area (Å²) in [6, 6.07) is 9.72. The van der Waals surface area contributed by atoms with E-state index < -0.39 is 0 Å². The molecule has 0 aliphatic heterocycles. The van der Waals surface area contributed by atoms with Gasteiger partial charge in [-0.05, 0) is 37.2 Å². The average Bonchev–Trinajstić information content (AvgIpc) is 2.22. The van der Waals surface area contributed by atoms with Gasteiger partial charge >= 0.3 is 0 Å². The number of hydrogen-bond acceptors (Lipinski definition) is 1. The molecule has 0 heterocycles. The molecule has 1 nitrogen and oxygen atoms in total. The zero-order chi connectivity index (χ0) is 12.3. The third-order valence-electron chi connectivity index (χ3n) is 3.97. The fourth-order valence-corrected chi connectivity index (χ4v) is 2.58. The van der Waals surface area contributed by atoms with Gasteiger partial charge in [0.2, 0.25) is 0 Å². The highest BCUT2D eigenvalue weighted by Gasteiger charge is 2.28. The van der Waals surface area contributed by atoms with Crippen molar-refractivity contribution in [1.82, 2.24) is 5.32 Å². The van der Waals surface area contributed by atoms with Crippen LogP contribution in [0.2, 0.25) is 0 Å². The molecular formula is C16H25N. The Morgan fingerprint density at radius 1 is 1.18 bits per heavy atom. The lowest BCUT2D eigenvalue weighted by atomic mass is 9.73. The summed E-state index contributed by atoms with van der Waals surface area (Å²) in [7, 11) is 0. The minimum absolute atomic E-state index is 0.586. The third kappa shape index (κ3) is 3.32. The van der Waals surface area contributed by atoms with E-state index in [1.807, 2.05) is 0 Å². The van der Waals surface area contributed by atoms with Crippen LogP contribution in [0.1, 0.15) is 50.2 Å². The van der Waals surface area contributed by atoms with Crippen molar-refractivity contribution in [3.05, 3.63) is 35.4 Å². The first kappa shape index (κ1) is 12.6. The summed E-state index contributed by atoms with van der Waals surface area (Å²) in [5.74, 6) is 1.62. The first-order chi connectivity index (χ1) is 8.16. The maximum absolute atomic E-state index is 3.61. The van der Waals surface area contributed by atoms with E-state index in [4.69, 9.17) is 0 Å². The smallest absolute Gasteiger partial charge is 0.00251 e. The molecule has 1 aliphatic carbocycles. The van der Waals surface area contributed by atoms with Gasteiger partial charge in [-0.25, -0.2) is 0 Å². The fourth-order valence-electron chi connectivity index (χ4n) is 2.58. The maximum atomic E-state index is 3.61. The first-order valence-electron chi connectivity index (χ1n) is 6.97. The Hall–Kier alpha value is -0.820. The molecule has 1 aliphatic rings. The third-order valence-corrected chi connectivity index (χ3v) is 3.97.